The Hall–Kier alpha value is -0.830. The molecule has 13 heavy (non-hydrogen) atoms. The van der Waals surface area contributed by atoms with Crippen LogP contribution in [0.5, 0.6) is 0 Å². The molecule has 1 aromatic heterocycles. The molecule has 0 bridgehead atoms. The van der Waals surface area contributed by atoms with E-state index in [9.17, 15) is 5.11 Å². The molecule has 0 aliphatic heterocycles. The van der Waals surface area contributed by atoms with Gasteiger partial charge in [-0.25, -0.2) is 0 Å². The molecule has 0 aromatic carbocycles. The van der Waals surface area contributed by atoms with Crippen LogP contribution in [-0.4, -0.2) is 14.9 Å². The van der Waals surface area contributed by atoms with Crippen molar-refractivity contribution in [2.75, 3.05) is 0 Å². The van der Waals surface area contributed by atoms with Crippen LogP contribution >= 0.6 is 0 Å². The molecule has 1 N–H and O–H groups in total. The molecule has 3 heteroatoms. The maximum absolute atomic E-state index is 9.83. The van der Waals surface area contributed by atoms with Gasteiger partial charge in [-0.05, 0) is 18.4 Å². The second-order valence-corrected chi connectivity index (χ2v) is 3.73. The van der Waals surface area contributed by atoms with Crippen molar-refractivity contribution in [3.63, 3.8) is 0 Å². The Morgan fingerprint density at radius 3 is 2.54 bits per heavy atom. The van der Waals surface area contributed by atoms with E-state index in [0.29, 0.717) is 0 Å². The maximum atomic E-state index is 9.83. The van der Waals surface area contributed by atoms with Crippen LogP contribution in [0.3, 0.4) is 0 Å². The van der Waals surface area contributed by atoms with Crippen molar-refractivity contribution >= 4 is 0 Å². The van der Waals surface area contributed by atoms with Crippen molar-refractivity contribution in [2.24, 2.45) is 13.0 Å². The van der Waals surface area contributed by atoms with Crippen LogP contribution in [0.25, 0.3) is 0 Å². The standard InChI is InChI=1S/C10H18N2O/c1-5-8-6-9(12(4)11-8)10(13)7(2)3/h6-7,10,13H,5H2,1-4H3. The summed E-state index contributed by atoms with van der Waals surface area (Å²) in [5.74, 6) is 0.236. The SMILES string of the molecule is CCc1cc(C(O)C(C)C)n(C)n1. The molecule has 1 unspecified atom stereocenters. The summed E-state index contributed by atoms with van der Waals surface area (Å²) in [5, 5.41) is 14.1. The number of rotatable bonds is 3. The molecule has 0 fully saturated rings. The Morgan fingerprint density at radius 2 is 2.15 bits per heavy atom. The fourth-order valence-corrected chi connectivity index (χ4v) is 1.33. The number of aromatic nitrogens is 2. The molecule has 1 atom stereocenters. The van der Waals surface area contributed by atoms with E-state index in [1.807, 2.05) is 27.0 Å². The number of nitrogens with zero attached hydrogens (tertiary/aromatic N) is 2. The third kappa shape index (κ3) is 2.10. The van der Waals surface area contributed by atoms with Crippen LogP contribution in [0.2, 0.25) is 0 Å². The molecule has 1 heterocycles. The molecule has 0 radical (unpaired) electrons. The van der Waals surface area contributed by atoms with Crippen LogP contribution < -0.4 is 0 Å². The lowest BCUT2D eigenvalue weighted by Crippen LogP contribution is -2.10. The van der Waals surface area contributed by atoms with Crippen LogP contribution in [0.4, 0.5) is 0 Å². The predicted octanol–water partition coefficient (Wildman–Crippen LogP) is 1.67. The maximum Gasteiger partial charge on any atom is 0.0979 e. The molecule has 0 aliphatic rings. The Bertz CT molecular complexity index is 278. The minimum Gasteiger partial charge on any atom is -0.387 e. The van der Waals surface area contributed by atoms with E-state index in [1.54, 1.807) is 4.68 Å². The van der Waals surface area contributed by atoms with Crippen molar-refractivity contribution in [1.29, 1.82) is 0 Å². The van der Waals surface area contributed by atoms with E-state index in [4.69, 9.17) is 0 Å². The predicted molar refractivity (Wildman–Crippen MR) is 52.4 cm³/mol. The van der Waals surface area contributed by atoms with Crippen LogP contribution in [0, 0.1) is 5.92 Å². The molecule has 0 amide bonds. The summed E-state index contributed by atoms with van der Waals surface area (Å²) < 4.78 is 1.77. The van der Waals surface area contributed by atoms with Crippen LogP contribution in [0.15, 0.2) is 6.07 Å². The van der Waals surface area contributed by atoms with E-state index < -0.39 is 6.10 Å². The average molecular weight is 182 g/mol. The smallest absolute Gasteiger partial charge is 0.0979 e. The highest BCUT2D eigenvalue weighted by atomic mass is 16.3. The third-order valence-corrected chi connectivity index (χ3v) is 2.26. The normalized spacial score (nSPS) is 13.7. The van der Waals surface area contributed by atoms with Gasteiger partial charge in [-0.2, -0.15) is 5.10 Å². The zero-order valence-corrected chi connectivity index (χ0v) is 8.78. The summed E-state index contributed by atoms with van der Waals surface area (Å²) in [7, 11) is 1.88. The lowest BCUT2D eigenvalue weighted by atomic mass is 10.0. The van der Waals surface area contributed by atoms with Crippen LogP contribution in [-0.2, 0) is 13.5 Å². The lowest BCUT2D eigenvalue weighted by molar-refractivity contribution is 0.118. The topological polar surface area (TPSA) is 38.0 Å². The largest absolute Gasteiger partial charge is 0.387 e. The highest BCUT2D eigenvalue weighted by Crippen LogP contribution is 2.21. The first-order valence-corrected chi connectivity index (χ1v) is 4.77. The second-order valence-electron chi connectivity index (χ2n) is 3.73. The Kier molecular flexibility index (Phi) is 3.09. The van der Waals surface area contributed by atoms with Gasteiger partial charge in [0.25, 0.3) is 0 Å². The fraction of sp³-hybridized carbons (Fsp3) is 0.700. The van der Waals surface area contributed by atoms with Crippen LogP contribution in [0.1, 0.15) is 38.3 Å². The summed E-state index contributed by atoms with van der Waals surface area (Å²) in [5.41, 5.74) is 1.95. The van der Waals surface area contributed by atoms with Gasteiger partial charge in [-0.15, -0.1) is 0 Å². The van der Waals surface area contributed by atoms with Crippen molar-refractivity contribution in [3.8, 4) is 0 Å². The van der Waals surface area contributed by atoms with E-state index in [0.717, 1.165) is 17.8 Å². The monoisotopic (exact) mass is 182 g/mol. The average Bonchev–Trinajstić information content (AvgIpc) is 2.45. The highest BCUT2D eigenvalue weighted by molar-refractivity contribution is 5.13. The van der Waals surface area contributed by atoms with E-state index in [-0.39, 0.29) is 5.92 Å². The summed E-state index contributed by atoms with van der Waals surface area (Å²) in [6.45, 7) is 6.07. The van der Waals surface area contributed by atoms with Crippen molar-refractivity contribution < 1.29 is 5.11 Å². The van der Waals surface area contributed by atoms with Gasteiger partial charge in [0.2, 0.25) is 0 Å². The van der Waals surface area contributed by atoms with Gasteiger partial charge in [-0.1, -0.05) is 20.8 Å². The van der Waals surface area contributed by atoms with Gasteiger partial charge in [0.1, 0.15) is 0 Å². The summed E-state index contributed by atoms with van der Waals surface area (Å²) in [6.07, 6.45) is 0.511. The molecule has 0 saturated heterocycles. The Balaban J connectivity index is 2.93. The first-order valence-electron chi connectivity index (χ1n) is 4.77. The molecule has 1 aromatic rings. The zero-order chi connectivity index (χ0) is 10.0. The quantitative estimate of drug-likeness (QED) is 0.772. The number of aliphatic hydroxyl groups is 1. The summed E-state index contributed by atoms with van der Waals surface area (Å²) >= 11 is 0. The van der Waals surface area contributed by atoms with Crippen molar-refractivity contribution in [1.82, 2.24) is 9.78 Å². The van der Waals surface area contributed by atoms with Gasteiger partial charge < -0.3 is 5.11 Å². The van der Waals surface area contributed by atoms with Gasteiger partial charge in [0.05, 0.1) is 17.5 Å². The van der Waals surface area contributed by atoms with Gasteiger partial charge in [0.15, 0.2) is 0 Å². The summed E-state index contributed by atoms with van der Waals surface area (Å²) in [6, 6.07) is 1.98. The van der Waals surface area contributed by atoms with E-state index >= 15 is 0 Å². The van der Waals surface area contributed by atoms with Gasteiger partial charge >= 0.3 is 0 Å². The Labute approximate surface area is 79.4 Å². The lowest BCUT2D eigenvalue weighted by Gasteiger charge is -2.13. The minimum atomic E-state index is -0.405. The minimum absolute atomic E-state index is 0.236. The number of hydrogen-bond donors (Lipinski definition) is 1. The Morgan fingerprint density at radius 1 is 1.54 bits per heavy atom. The first-order chi connectivity index (χ1) is 6.06. The van der Waals surface area contributed by atoms with Gasteiger partial charge in [0, 0.05) is 7.05 Å². The number of hydrogen-bond acceptors (Lipinski definition) is 2. The zero-order valence-electron chi connectivity index (χ0n) is 8.78. The molecule has 0 spiro atoms. The summed E-state index contributed by atoms with van der Waals surface area (Å²) in [4.78, 5) is 0. The van der Waals surface area contributed by atoms with Crippen molar-refractivity contribution in [3.05, 3.63) is 17.5 Å². The highest BCUT2D eigenvalue weighted by Gasteiger charge is 2.16. The number of aliphatic hydroxyl groups excluding tert-OH is 1. The molecule has 0 aliphatic carbocycles. The first kappa shape index (κ1) is 10.3. The fourth-order valence-electron chi connectivity index (χ4n) is 1.33. The molecule has 3 nitrogen and oxygen atoms in total. The molecule has 0 saturated carbocycles. The van der Waals surface area contributed by atoms with Crippen molar-refractivity contribution in [2.45, 2.75) is 33.3 Å². The van der Waals surface area contributed by atoms with E-state index in [1.165, 1.54) is 0 Å². The molecular formula is C10H18N2O. The third-order valence-electron chi connectivity index (χ3n) is 2.26. The molecule has 74 valence electrons. The number of aryl methyl sites for hydroxylation is 2. The van der Waals surface area contributed by atoms with E-state index in [2.05, 4.69) is 12.0 Å². The second kappa shape index (κ2) is 3.92. The molecule has 1 rings (SSSR count). The molecular weight excluding hydrogens is 164 g/mol. The van der Waals surface area contributed by atoms with Gasteiger partial charge in [-0.3, -0.25) is 4.68 Å².